The van der Waals surface area contributed by atoms with Crippen molar-refractivity contribution in [2.24, 2.45) is 0 Å². The molecule has 0 saturated heterocycles. The molecule has 72 valence electrons. The summed E-state index contributed by atoms with van der Waals surface area (Å²) in [7, 11) is 0. The van der Waals surface area contributed by atoms with Crippen molar-refractivity contribution in [3.63, 3.8) is 0 Å². The van der Waals surface area contributed by atoms with E-state index in [0.717, 1.165) is 0 Å². The van der Waals surface area contributed by atoms with E-state index < -0.39 is 10.6 Å². The highest BCUT2D eigenvalue weighted by molar-refractivity contribution is 9.10. The molecule has 0 spiro atoms. The summed E-state index contributed by atoms with van der Waals surface area (Å²) in [5, 5.41) is 8.57. The number of carbonyl (C=O) groups excluding carboxylic acids is 1. The molecule has 1 aromatic rings. The molecule has 0 heterocycles. The number of Topliss-reactive ketones (excluding diaryl/α,β-unsaturated/α-hetero) is 1. The number of alkyl halides is 3. The Kier molecular flexibility index (Phi) is 2.96. The molecule has 5 heteroatoms. The van der Waals surface area contributed by atoms with Crippen LogP contribution in [0.2, 0.25) is 0 Å². The van der Waals surface area contributed by atoms with E-state index in [1.54, 1.807) is 6.07 Å². The lowest BCUT2D eigenvalue weighted by Crippen LogP contribution is -2.21. The Hall–Kier alpha value is -1.28. The van der Waals surface area contributed by atoms with Crippen LogP contribution in [-0.4, -0.2) is 10.6 Å². The fraction of sp³-hybridized carbons (Fsp3) is 0.111. The smallest absolute Gasteiger partial charge is 0.286 e. The number of benzene rings is 1. The normalized spacial score (nSPS) is 10.7. The molecule has 0 saturated carbocycles. The van der Waals surface area contributed by atoms with Crippen LogP contribution >= 0.6 is 15.9 Å². The fourth-order valence-electron chi connectivity index (χ4n) is 0.931. The highest BCUT2D eigenvalue weighted by Crippen LogP contribution is 2.27. The zero-order chi connectivity index (χ0) is 10.8. The van der Waals surface area contributed by atoms with E-state index in [2.05, 4.69) is 0 Å². The number of ketones is 1. The van der Waals surface area contributed by atoms with Crippen molar-refractivity contribution >= 4 is 21.7 Å². The molecule has 0 atom stereocenters. The van der Waals surface area contributed by atoms with Crippen LogP contribution in [0.15, 0.2) is 24.3 Å². The van der Waals surface area contributed by atoms with Crippen molar-refractivity contribution in [1.82, 2.24) is 0 Å². The molecule has 0 unspecified atom stereocenters. The van der Waals surface area contributed by atoms with Gasteiger partial charge in [0.25, 0.3) is 0 Å². The number of nitriles is 1. The summed E-state index contributed by atoms with van der Waals surface area (Å²) in [6, 6.07) is 7.10. The highest BCUT2D eigenvalue weighted by Gasteiger charge is 2.36. The van der Waals surface area contributed by atoms with Crippen molar-refractivity contribution in [3.8, 4) is 6.07 Å². The molecule has 1 rings (SSSR count). The minimum absolute atomic E-state index is 0.0587. The highest BCUT2D eigenvalue weighted by atomic mass is 79.9. The van der Waals surface area contributed by atoms with Gasteiger partial charge in [-0.2, -0.15) is 14.0 Å². The van der Waals surface area contributed by atoms with Gasteiger partial charge in [-0.25, -0.2) is 0 Å². The average molecular weight is 260 g/mol. The Morgan fingerprint density at radius 2 is 2.00 bits per heavy atom. The second kappa shape index (κ2) is 3.84. The topological polar surface area (TPSA) is 40.9 Å². The molecule has 0 aliphatic rings. The first-order valence-corrected chi connectivity index (χ1v) is 4.37. The predicted octanol–water partition coefficient (Wildman–Crippen LogP) is 2.73. The van der Waals surface area contributed by atoms with Crippen LogP contribution in [0.3, 0.4) is 0 Å². The maximum atomic E-state index is 12.6. The van der Waals surface area contributed by atoms with Crippen molar-refractivity contribution < 1.29 is 13.6 Å². The van der Waals surface area contributed by atoms with E-state index in [4.69, 9.17) is 5.26 Å². The zero-order valence-corrected chi connectivity index (χ0v) is 8.38. The van der Waals surface area contributed by atoms with Crippen molar-refractivity contribution in [2.45, 2.75) is 4.83 Å². The molecule has 0 fully saturated rings. The van der Waals surface area contributed by atoms with E-state index in [1.807, 2.05) is 15.9 Å². The van der Waals surface area contributed by atoms with Crippen LogP contribution in [0.25, 0.3) is 0 Å². The third-order valence-corrected chi connectivity index (χ3v) is 1.91. The van der Waals surface area contributed by atoms with Gasteiger partial charge < -0.3 is 0 Å². The SMILES string of the molecule is N#Cc1ccccc1C(=O)C(F)(F)Br. The maximum absolute atomic E-state index is 12.6. The average Bonchev–Trinajstić information content (AvgIpc) is 2.15. The number of hydrogen-bond donors (Lipinski definition) is 0. The maximum Gasteiger partial charge on any atom is 0.363 e. The minimum Gasteiger partial charge on any atom is -0.286 e. The first kappa shape index (κ1) is 10.8. The van der Waals surface area contributed by atoms with Gasteiger partial charge in [-0.1, -0.05) is 12.1 Å². The summed E-state index contributed by atoms with van der Waals surface area (Å²) in [5.74, 6) is -1.41. The van der Waals surface area contributed by atoms with Crippen LogP contribution in [0.4, 0.5) is 8.78 Å². The van der Waals surface area contributed by atoms with Gasteiger partial charge >= 0.3 is 4.83 Å². The molecule has 14 heavy (non-hydrogen) atoms. The predicted molar refractivity (Wildman–Crippen MR) is 49.4 cm³/mol. The lowest BCUT2D eigenvalue weighted by atomic mass is 10.1. The van der Waals surface area contributed by atoms with E-state index in [9.17, 15) is 13.6 Å². The molecule has 0 bridgehead atoms. The summed E-state index contributed by atoms with van der Waals surface area (Å²) >= 11 is 1.95. The molecule has 0 aliphatic carbocycles. The van der Waals surface area contributed by atoms with Gasteiger partial charge in [0.15, 0.2) is 0 Å². The quantitative estimate of drug-likeness (QED) is 0.606. The molecule has 0 aromatic heterocycles. The van der Waals surface area contributed by atoms with E-state index in [1.165, 1.54) is 24.3 Å². The summed E-state index contributed by atoms with van der Waals surface area (Å²) in [6.45, 7) is 0. The van der Waals surface area contributed by atoms with Gasteiger partial charge in [0.2, 0.25) is 5.78 Å². The monoisotopic (exact) mass is 259 g/mol. The Morgan fingerprint density at radius 3 is 2.50 bits per heavy atom. The Balaban J connectivity index is 3.22. The van der Waals surface area contributed by atoms with Crippen LogP contribution in [0.1, 0.15) is 15.9 Å². The summed E-state index contributed by atoms with van der Waals surface area (Å²) < 4.78 is 25.2. The minimum atomic E-state index is -3.63. The van der Waals surface area contributed by atoms with E-state index in [0.29, 0.717) is 0 Å². The molecule has 2 nitrogen and oxygen atoms in total. The second-order valence-corrected chi connectivity index (χ2v) is 3.48. The van der Waals surface area contributed by atoms with Crippen LogP contribution < -0.4 is 0 Å². The fourth-order valence-corrected chi connectivity index (χ4v) is 1.14. The summed E-state index contributed by atoms with van der Waals surface area (Å²) in [6.07, 6.45) is 0. The van der Waals surface area contributed by atoms with E-state index in [-0.39, 0.29) is 11.1 Å². The van der Waals surface area contributed by atoms with Crippen molar-refractivity contribution in [3.05, 3.63) is 35.4 Å². The Bertz CT molecular complexity index is 406. The van der Waals surface area contributed by atoms with Gasteiger partial charge in [-0.05, 0) is 28.1 Å². The van der Waals surface area contributed by atoms with Crippen LogP contribution in [-0.2, 0) is 0 Å². The van der Waals surface area contributed by atoms with E-state index >= 15 is 0 Å². The first-order chi connectivity index (χ1) is 6.46. The lowest BCUT2D eigenvalue weighted by molar-refractivity contribution is 0.0592. The Morgan fingerprint density at radius 1 is 1.43 bits per heavy atom. The van der Waals surface area contributed by atoms with Crippen molar-refractivity contribution in [2.75, 3.05) is 0 Å². The zero-order valence-electron chi connectivity index (χ0n) is 6.80. The van der Waals surface area contributed by atoms with Crippen molar-refractivity contribution in [1.29, 1.82) is 5.26 Å². The number of nitrogens with zero attached hydrogens (tertiary/aromatic N) is 1. The second-order valence-electron chi connectivity index (χ2n) is 2.48. The van der Waals surface area contributed by atoms with Gasteiger partial charge in [-0.3, -0.25) is 4.79 Å². The molecular formula is C9H4BrF2NO. The molecule has 0 radical (unpaired) electrons. The molecule has 0 N–H and O–H groups in total. The van der Waals surface area contributed by atoms with Gasteiger partial charge in [0, 0.05) is 5.56 Å². The molecule has 0 amide bonds. The number of halogens is 3. The number of hydrogen-bond acceptors (Lipinski definition) is 2. The van der Waals surface area contributed by atoms with Gasteiger partial charge in [0.1, 0.15) is 0 Å². The third-order valence-electron chi connectivity index (χ3n) is 1.55. The summed E-state index contributed by atoms with van der Waals surface area (Å²) in [4.78, 5) is 7.47. The number of rotatable bonds is 2. The standard InChI is InChI=1S/C9H4BrF2NO/c10-9(11,12)8(14)7-4-2-1-3-6(7)5-13/h1-4H. The van der Waals surface area contributed by atoms with Crippen LogP contribution in [0, 0.1) is 11.3 Å². The largest absolute Gasteiger partial charge is 0.363 e. The number of carbonyl (C=O) groups is 1. The molecule has 0 aliphatic heterocycles. The lowest BCUT2D eigenvalue weighted by Gasteiger charge is -2.07. The molecular weight excluding hydrogens is 256 g/mol. The van der Waals surface area contributed by atoms with Gasteiger partial charge in [0.05, 0.1) is 11.6 Å². The van der Waals surface area contributed by atoms with Gasteiger partial charge in [-0.15, -0.1) is 0 Å². The first-order valence-electron chi connectivity index (χ1n) is 3.57. The summed E-state index contributed by atoms with van der Waals surface area (Å²) in [5.41, 5.74) is -0.339. The third kappa shape index (κ3) is 2.15. The Labute approximate surface area is 87.3 Å². The van der Waals surface area contributed by atoms with Crippen LogP contribution in [0.5, 0.6) is 0 Å². The molecule has 1 aromatic carbocycles.